The van der Waals surface area contributed by atoms with E-state index in [2.05, 4.69) is 0 Å². The standard InChI is InChI=1S/C2H6O2.ClH3Si/c3-1-2-4;1-2/h3-4H,1-2H2;2H3. The van der Waals surface area contributed by atoms with Crippen LogP contribution in [0.4, 0.5) is 0 Å². The Morgan fingerprint density at radius 3 is 1.33 bits per heavy atom. The summed E-state index contributed by atoms with van der Waals surface area (Å²) in [5.41, 5.74) is 0. The van der Waals surface area contributed by atoms with Gasteiger partial charge in [0.05, 0.1) is 13.2 Å². The van der Waals surface area contributed by atoms with Crippen LogP contribution in [-0.4, -0.2) is 33.0 Å². The van der Waals surface area contributed by atoms with Crippen LogP contribution < -0.4 is 0 Å². The molecule has 0 aromatic carbocycles. The Morgan fingerprint density at radius 2 is 1.33 bits per heavy atom. The van der Waals surface area contributed by atoms with Crippen LogP contribution in [0.1, 0.15) is 0 Å². The second kappa shape index (κ2) is 18.1. The highest BCUT2D eigenvalue weighted by molar-refractivity contribution is 6.80. The highest BCUT2D eigenvalue weighted by atomic mass is 35.6. The van der Waals surface area contributed by atoms with Gasteiger partial charge < -0.3 is 10.2 Å². The van der Waals surface area contributed by atoms with Crippen molar-refractivity contribution < 1.29 is 10.2 Å². The van der Waals surface area contributed by atoms with Crippen molar-refractivity contribution in [2.45, 2.75) is 0 Å². The molecule has 0 saturated heterocycles. The van der Waals surface area contributed by atoms with Crippen molar-refractivity contribution in [3.63, 3.8) is 0 Å². The highest BCUT2D eigenvalue weighted by Crippen LogP contribution is 1.39. The molecular formula is C2H9ClO2Si. The van der Waals surface area contributed by atoms with Crippen LogP contribution in [0.15, 0.2) is 0 Å². The number of hydrogen-bond donors (Lipinski definition) is 2. The first-order chi connectivity index (χ1) is 2.91. The Hall–Kier alpha value is 0.427. The lowest BCUT2D eigenvalue weighted by molar-refractivity contribution is 0.186. The van der Waals surface area contributed by atoms with E-state index in [1.807, 2.05) is 0 Å². The molecule has 0 bridgehead atoms. The van der Waals surface area contributed by atoms with E-state index in [1.54, 1.807) is 0 Å². The molecule has 4 heteroatoms. The molecule has 2 nitrogen and oxygen atoms in total. The Labute approximate surface area is 44.9 Å². The van der Waals surface area contributed by atoms with Crippen molar-refractivity contribution in [3.8, 4) is 0 Å². The van der Waals surface area contributed by atoms with Gasteiger partial charge in [0.15, 0.2) is 0 Å². The normalized spacial score (nSPS) is 6.50. The minimum atomic E-state index is -0.125. The van der Waals surface area contributed by atoms with Gasteiger partial charge >= 0.3 is 0 Å². The molecule has 0 atom stereocenters. The van der Waals surface area contributed by atoms with E-state index in [0.29, 0.717) is 0 Å². The van der Waals surface area contributed by atoms with Crippen molar-refractivity contribution in [1.29, 1.82) is 0 Å². The molecule has 0 aliphatic rings. The van der Waals surface area contributed by atoms with E-state index < -0.39 is 0 Å². The average molecular weight is 129 g/mol. The summed E-state index contributed by atoms with van der Waals surface area (Å²) >= 11 is 4.78. The first kappa shape index (κ1) is 9.66. The Balaban J connectivity index is 0. The van der Waals surface area contributed by atoms with Gasteiger partial charge in [-0.1, -0.05) is 0 Å². The number of rotatable bonds is 1. The predicted molar refractivity (Wildman–Crippen MR) is 30.0 cm³/mol. The van der Waals surface area contributed by atoms with E-state index in [-0.39, 0.29) is 13.2 Å². The lowest BCUT2D eigenvalue weighted by atomic mass is 10.8. The van der Waals surface area contributed by atoms with Crippen molar-refractivity contribution in [2.24, 2.45) is 0 Å². The zero-order valence-electron chi connectivity index (χ0n) is 3.69. The number of hydrogen-bond acceptors (Lipinski definition) is 2. The number of halogens is 1. The Bertz CT molecular complexity index is 13.5. The molecule has 0 aliphatic carbocycles. The van der Waals surface area contributed by atoms with Gasteiger partial charge in [0.1, 0.15) is 9.55 Å². The first-order valence-corrected chi connectivity index (χ1v) is 4.53. The summed E-state index contributed by atoms with van der Waals surface area (Å²) in [6.45, 7) is -0.250. The van der Waals surface area contributed by atoms with Crippen LogP contribution >= 0.6 is 11.1 Å². The molecule has 0 saturated carbocycles. The molecule has 2 N–H and O–H groups in total. The average Bonchev–Trinajstić information content (AvgIpc) is 1.72. The van der Waals surface area contributed by atoms with Crippen LogP contribution in [0.3, 0.4) is 0 Å². The summed E-state index contributed by atoms with van der Waals surface area (Å²) < 4.78 is 0. The van der Waals surface area contributed by atoms with Crippen molar-refractivity contribution in [2.75, 3.05) is 13.2 Å². The SMILES string of the molecule is OCCO.[SiH3]Cl. The largest absolute Gasteiger partial charge is 0.394 e. The van der Waals surface area contributed by atoms with Crippen molar-refractivity contribution >= 4 is 20.6 Å². The lowest BCUT2D eigenvalue weighted by Gasteiger charge is -1.70. The van der Waals surface area contributed by atoms with Gasteiger partial charge in [0, 0.05) is 0 Å². The van der Waals surface area contributed by atoms with E-state index in [0.717, 1.165) is 9.55 Å². The Kier molecular flexibility index (Phi) is 29.1. The van der Waals surface area contributed by atoms with Gasteiger partial charge in [-0.2, -0.15) is 11.1 Å². The fraction of sp³-hybridized carbons (Fsp3) is 1.00. The fourth-order valence-electron chi connectivity index (χ4n) is 0. The summed E-state index contributed by atoms with van der Waals surface area (Å²) in [6, 6.07) is 0. The molecule has 0 aliphatic heterocycles. The van der Waals surface area contributed by atoms with Crippen LogP contribution in [0, 0.1) is 0 Å². The predicted octanol–water partition coefficient (Wildman–Crippen LogP) is -1.52. The highest BCUT2D eigenvalue weighted by Gasteiger charge is 1.58. The molecule has 0 aromatic heterocycles. The molecule has 0 fully saturated rings. The van der Waals surface area contributed by atoms with E-state index in [9.17, 15) is 0 Å². The molecular weight excluding hydrogens is 120 g/mol. The maximum Gasteiger partial charge on any atom is 0.109 e. The summed E-state index contributed by atoms with van der Waals surface area (Å²) in [5.74, 6) is 0. The van der Waals surface area contributed by atoms with E-state index in [1.165, 1.54) is 0 Å². The fourth-order valence-corrected chi connectivity index (χ4v) is 0. The minimum absolute atomic E-state index is 0.125. The van der Waals surface area contributed by atoms with Crippen LogP contribution in [0.2, 0.25) is 0 Å². The van der Waals surface area contributed by atoms with Gasteiger partial charge in [0.2, 0.25) is 0 Å². The number of aliphatic hydroxyl groups excluding tert-OH is 2. The Morgan fingerprint density at radius 1 is 1.17 bits per heavy atom. The summed E-state index contributed by atoms with van der Waals surface area (Å²) in [4.78, 5) is 0. The molecule has 0 unspecified atom stereocenters. The number of aliphatic hydroxyl groups is 2. The van der Waals surface area contributed by atoms with Gasteiger partial charge in [0.25, 0.3) is 0 Å². The van der Waals surface area contributed by atoms with Gasteiger partial charge in [-0.3, -0.25) is 0 Å². The topological polar surface area (TPSA) is 40.5 Å². The first-order valence-electron chi connectivity index (χ1n) is 1.51. The van der Waals surface area contributed by atoms with Gasteiger partial charge in [-0.15, -0.1) is 0 Å². The molecule has 40 valence electrons. The third-order valence-corrected chi connectivity index (χ3v) is 0.1000. The van der Waals surface area contributed by atoms with E-state index in [4.69, 9.17) is 21.3 Å². The summed E-state index contributed by atoms with van der Waals surface area (Å²) in [5, 5.41) is 15.2. The molecule has 0 rings (SSSR count). The van der Waals surface area contributed by atoms with Crippen molar-refractivity contribution in [3.05, 3.63) is 0 Å². The van der Waals surface area contributed by atoms with Crippen LogP contribution in [0.25, 0.3) is 0 Å². The monoisotopic (exact) mass is 128 g/mol. The second-order valence-corrected chi connectivity index (χ2v) is 0.447. The zero-order chi connectivity index (χ0) is 5.41. The molecule has 0 heterocycles. The minimum Gasteiger partial charge on any atom is -0.394 e. The molecule has 0 radical (unpaired) electrons. The third-order valence-electron chi connectivity index (χ3n) is 0.1000. The molecule has 0 aromatic rings. The quantitative estimate of drug-likeness (QED) is 0.333. The van der Waals surface area contributed by atoms with Gasteiger partial charge in [-0.05, 0) is 0 Å². The summed E-state index contributed by atoms with van der Waals surface area (Å²) in [6.07, 6.45) is 0. The van der Waals surface area contributed by atoms with Crippen molar-refractivity contribution in [1.82, 2.24) is 0 Å². The van der Waals surface area contributed by atoms with E-state index >= 15 is 0 Å². The molecule has 0 spiro atoms. The summed E-state index contributed by atoms with van der Waals surface area (Å²) in [7, 11) is 0.778. The molecule has 0 amide bonds. The molecule has 6 heavy (non-hydrogen) atoms. The van der Waals surface area contributed by atoms with Crippen LogP contribution in [-0.2, 0) is 0 Å². The lowest BCUT2D eigenvalue weighted by Crippen LogP contribution is -1.85. The maximum absolute atomic E-state index is 7.62. The third kappa shape index (κ3) is 25.5. The maximum atomic E-state index is 7.62. The smallest absolute Gasteiger partial charge is 0.109 e. The second-order valence-electron chi connectivity index (χ2n) is 0.447. The van der Waals surface area contributed by atoms with Gasteiger partial charge in [-0.25, -0.2) is 0 Å². The zero-order valence-corrected chi connectivity index (χ0v) is 6.44. The van der Waals surface area contributed by atoms with Crippen LogP contribution in [0.5, 0.6) is 0 Å².